The maximum absolute atomic E-state index is 13.0. The van der Waals surface area contributed by atoms with Crippen LogP contribution in [0.3, 0.4) is 0 Å². The Morgan fingerprint density at radius 3 is 2.23 bits per heavy atom. The molecule has 0 aromatic heterocycles. The van der Waals surface area contributed by atoms with Crippen molar-refractivity contribution in [2.45, 2.75) is 12.7 Å². The van der Waals surface area contributed by atoms with Crippen molar-refractivity contribution < 1.29 is 23.5 Å². The van der Waals surface area contributed by atoms with Crippen molar-refractivity contribution in [3.05, 3.63) is 59.9 Å². The Labute approximate surface area is 127 Å². The van der Waals surface area contributed by atoms with E-state index in [0.717, 1.165) is 12.1 Å². The second kappa shape index (κ2) is 6.92. The molecule has 22 heavy (non-hydrogen) atoms. The van der Waals surface area contributed by atoms with Crippen molar-refractivity contribution >= 4 is 13.3 Å². The zero-order valence-electron chi connectivity index (χ0n) is 11.9. The van der Waals surface area contributed by atoms with E-state index in [2.05, 4.69) is 5.32 Å². The molecule has 0 radical (unpaired) electrons. The molecular weight excluding hydrogens is 308 g/mol. The summed E-state index contributed by atoms with van der Waals surface area (Å²) < 4.78 is 30.0. The van der Waals surface area contributed by atoms with E-state index in [1.54, 1.807) is 24.3 Å². The van der Waals surface area contributed by atoms with Crippen LogP contribution in [0.25, 0.3) is 0 Å². The molecule has 0 spiro atoms. The van der Waals surface area contributed by atoms with Gasteiger partial charge in [0.25, 0.3) is 0 Å². The first kappa shape index (κ1) is 16.5. The molecule has 0 bridgehead atoms. The number of benzene rings is 2. The number of anilines is 1. The highest BCUT2D eigenvalue weighted by Crippen LogP contribution is 2.51. The minimum absolute atomic E-state index is 0.309. The lowest BCUT2D eigenvalue weighted by Gasteiger charge is -2.21. The molecule has 0 unspecified atom stereocenters. The monoisotopic (exact) mass is 325 g/mol. The molecule has 0 aliphatic carbocycles. The summed E-state index contributed by atoms with van der Waals surface area (Å²) in [5, 5.41) is 2.78. The fraction of sp³-hybridized carbons (Fsp3) is 0.200. The minimum Gasteiger partial charge on any atom is -0.494 e. The van der Waals surface area contributed by atoms with E-state index < -0.39 is 19.2 Å². The fourth-order valence-electron chi connectivity index (χ4n) is 1.98. The van der Waals surface area contributed by atoms with Gasteiger partial charge in [0.1, 0.15) is 11.6 Å². The first-order valence-electron chi connectivity index (χ1n) is 6.70. The van der Waals surface area contributed by atoms with Crippen LogP contribution in [-0.2, 0) is 4.57 Å². The summed E-state index contributed by atoms with van der Waals surface area (Å²) in [5.74, 6) is -1.04. The van der Waals surface area contributed by atoms with Gasteiger partial charge < -0.3 is 19.8 Å². The van der Waals surface area contributed by atoms with Crippen molar-refractivity contribution in [1.82, 2.24) is 0 Å². The van der Waals surface area contributed by atoms with E-state index >= 15 is 0 Å². The number of rotatable bonds is 6. The predicted molar refractivity (Wildman–Crippen MR) is 82.4 cm³/mol. The first-order chi connectivity index (χ1) is 10.4. The summed E-state index contributed by atoms with van der Waals surface area (Å²) in [6.07, 6.45) is 0. The van der Waals surface area contributed by atoms with Crippen LogP contribution in [0.15, 0.2) is 48.5 Å². The second-order valence-corrected chi connectivity index (χ2v) is 6.34. The first-order valence-corrected chi connectivity index (χ1v) is 8.38. The van der Waals surface area contributed by atoms with Gasteiger partial charge >= 0.3 is 7.60 Å². The van der Waals surface area contributed by atoms with Gasteiger partial charge in [-0.05, 0) is 48.9 Å². The topological polar surface area (TPSA) is 78.8 Å². The van der Waals surface area contributed by atoms with Crippen molar-refractivity contribution in [3.63, 3.8) is 0 Å². The van der Waals surface area contributed by atoms with E-state index in [0.29, 0.717) is 23.6 Å². The molecule has 2 rings (SSSR count). The standard InChI is InChI=1S/C15H17FNO4P/c1-2-21-14-9-7-13(8-10-14)17-15(22(18,19)20)11-3-5-12(16)6-4-11/h3-10,15,17H,2H2,1H3,(H2,18,19,20)/t15-/m0/s1. The van der Waals surface area contributed by atoms with Gasteiger partial charge in [-0.1, -0.05) is 12.1 Å². The van der Waals surface area contributed by atoms with Gasteiger partial charge in [-0.15, -0.1) is 0 Å². The smallest absolute Gasteiger partial charge is 0.352 e. The van der Waals surface area contributed by atoms with Crippen molar-refractivity contribution in [2.75, 3.05) is 11.9 Å². The number of halogens is 1. The maximum atomic E-state index is 13.0. The van der Waals surface area contributed by atoms with Gasteiger partial charge in [-0.25, -0.2) is 4.39 Å². The molecule has 0 aliphatic rings. The summed E-state index contributed by atoms with van der Waals surface area (Å²) >= 11 is 0. The third-order valence-electron chi connectivity index (χ3n) is 2.99. The maximum Gasteiger partial charge on any atom is 0.352 e. The lowest BCUT2D eigenvalue weighted by Crippen LogP contribution is -2.11. The summed E-state index contributed by atoms with van der Waals surface area (Å²) in [4.78, 5) is 19.1. The molecule has 118 valence electrons. The highest BCUT2D eigenvalue weighted by molar-refractivity contribution is 7.52. The minimum atomic E-state index is -4.47. The van der Waals surface area contributed by atoms with Crippen LogP contribution in [0.2, 0.25) is 0 Å². The van der Waals surface area contributed by atoms with Crippen LogP contribution in [0.1, 0.15) is 18.3 Å². The van der Waals surface area contributed by atoms with Crippen molar-refractivity contribution in [1.29, 1.82) is 0 Å². The predicted octanol–water partition coefficient (Wildman–Crippen LogP) is 3.51. The lowest BCUT2D eigenvalue weighted by molar-refractivity contribution is 0.340. The Balaban J connectivity index is 2.24. The Morgan fingerprint density at radius 2 is 1.73 bits per heavy atom. The molecule has 7 heteroatoms. The number of hydrogen-bond donors (Lipinski definition) is 3. The number of ether oxygens (including phenoxy) is 1. The normalized spacial score (nSPS) is 12.7. The van der Waals surface area contributed by atoms with Gasteiger partial charge in [-0.2, -0.15) is 0 Å². The van der Waals surface area contributed by atoms with Gasteiger partial charge in [0.15, 0.2) is 5.78 Å². The highest BCUT2D eigenvalue weighted by Gasteiger charge is 2.30. The number of nitrogens with one attached hydrogen (secondary N) is 1. The van der Waals surface area contributed by atoms with Gasteiger partial charge in [0.05, 0.1) is 6.61 Å². The van der Waals surface area contributed by atoms with Gasteiger partial charge in [-0.3, -0.25) is 4.57 Å². The molecule has 0 saturated carbocycles. The van der Waals surface area contributed by atoms with E-state index in [1.807, 2.05) is 6.92 Å². The van der Waals surface area contributed by atoms with Crippen LogP contribution in [0.5, 0.6) is 5.75 Å². The largest absolute Gasteiger partial charge is 0.494 e. The Hall–Kier alpha value is -1.88. The van der Waals surface area contributed by atoms with Crippen LogP contribution in [0, 0.1) is 5.82 Å². The van der Waals surface area contributed by atoms with Crippen LogP contribution in [0.4, 0.5) is 10.1 Å². The summed E-state index contributed by atoms with van der Waals surface area (Å²) in [7, 11) is -4.47. The SMILES string of the molecule is CCOc1ccc(N[C@H](c2ccc(F)cc2)P(=O)(O)O)cc1. The second-order valence-electron chi connectivity index (χ2n) is 4.64. The Bertz CT molecular complexity index is 654. The Kier molecular flexibility index (Phi) is 5.19. The molecule has 0 heterocycles. The third-order valence-corrected chi connectivity index (χ3v) is 4.09. The van der Waals surface area contributed by atoms with Gasteiger partial charge in [0, 0.05) is 5.69 Å². The van der Waals surface area contributed by atoms with Crippen LogP contribution >= 0.6 is 7.60 Å². The fourth-order valence-corrected chi connectivity index (χ4v) is 2.86. The zero-order valence-corrected chi connectivity index (χ0v) is 12.8. The van der Waals surface area contributed by atoms with Crippen molar-refractivity contribution in [2.24, 2.45) is 0 Å². The quantitative estimate of drug-likeness (QED) is 0.708. The molecule has 2 aromatic carbocycles. The average Bonchev–Trinajstić information content (AvgIpc) is 2.47. The molecule has 0 saturated heterocycles. The van der Waals surface area contributed by atoms with E-state index in [4.69, 9.17) is 4.74 Å². The molecule has 1 atom stereocenters. The zero-order chi connectivity index (χ0) is 16.2. The summed E-state index contributed by atoms with van der Waals surface area (Å²) in [6, 6.07) is 11.8. The highest BCUT2D eigenvalue weighted by atomic mass is 31.2. The molecule has 0 fully saturated rings. The van der Waals surface area contributed by atoms with E-state index in [1.165, 1.54) is 12.1 Å². The van der Waals surface area contributed by atoms with Crippen LogP contribution in [-0.4, -0.2) is 16.4 Å². The van der Waals surface area contributed by atoms with Crippen molar-refractivity contribution in [3.8, 4) is 5.75 Å². The molecule has 2 aromatic rings. The third kappa shape index (κ3) is 4.31. The Morgan fingerprint density at radius 1 is 1.14 bits per heavy atom. The molecule has 0 aliphatic heterocycles. The summed E-state index contributed by atoms with van der Waals surface area (Å²) in [5.41, 5.74) is 0.838. The molecule has 5 nitrogen and oxygen atoms in total. The molecule has 3 N–H and O–H groups in total. The number of hydrogen-bond acceptors (Lipinski definition) is 3. The van der Waals surface area contributed by atoms with Gasteiger partial charge in [0.2, 0.25) is 0 Å². The van der Waals surface area contributed by atoms with Crippen LogP contribution < -0.4 is 10.1 Å². The molecule has 0 amide bonds. The lowest BCUT2D eigenvalue weighted by atomic mass is 10.2. The van der Waals surface area contributed by atoms with E-state index in [-0.39, 0.29) is 0 Å². The van der Waals surface area contributed by atoms with E-state index in [9.17, 15) is 18.7 Å². The summed E-state index contributed by atoms with van der Waals surface area (Å²) in [6.45, 7) is 2.40. The average molecular weight is 325 g/mol. The molecular formula is C15H17FNO4P.